The molecular weight excluding hydrogens is 240 g/mol. The Morgan fingerprint density at radius 3 is 2.71 bits per heavy atom. The number of hydrogen-bond donors (Lipinski definition) is 2. The average Bonchev–Trinajstić information content (AvgIpc) is 2.61. The van der Waals surface area contributed by atoms with Gasteiger partial charge in [-0.05, 0) is 13.3 Å². The van der Waals surface area contributed by atoms with E-state index in [-0.39, 0.29) is 10.4 Å². The number of rotatable bonds is 4. The molecule has 17 heavy (non-hydrogen) atoms. The highest BCUT2D eigenvalue weighted by Crippen LogP contribution is 2.29. The van der Waals surface area contributed by atoms with E-state index in [1.54, 1.807) is 6.92 Å². The molecule has 1 aliphatic heterocycles. The Balaban J connectivity index is 2.14. The quantitative estimate of drug-likeness (QED) is 0.808. The van der Waals surface area contributed by atoms with E-state index in [1.807, 2.05) is 6.92 Å². The molecule has 0 spiro atoms. The van der Waals surface area contributed by atoms with Crippen molar-refractivity contribution < 1.29 is 8.42 Å². The zero-order chi connectivity index (χ0) is 12.7. The highest BCUT2D eigenvalue weighted by atomic mass is 32.2. The first-order chi connectivity index (χ1) is 7.89. The van der Waals surface area contributed by atoms with E-state index in [1.165, 1.54) is 10.5 Å². The summed E-state index contributed by atoms with van der Waals surface area (Å²) < 4.78 is 25.8. The predicted octanol–water partition coefficient (Wildman–Crippen LogP) is 0.220. The van der Waals surface area contributed by atoms with Gasteiger partial charge in [0.2, 0.25) is 10.0 Å². The third-order valence-corrected chi connectivity index (χ3v) is 5.04. The molecule has 7 heteroatoms. The second-order valence-electron chi connectivity index (χ2n) is 4.74. The Hall–Kier alpha value is -0.920. The summed E-state index contributed by atoms with van der Waals surface area (Å²) in [6.45, 7) is 4.54. The lowest BCUT2D eigenvalue weighted by molar-refractivity contribution is 0.147. The largest absolute Gasteiger partial charge is 0.323 e. The molecule has 3 N–H and O–H groups in total. The molecule has 0 aromatic carbocycles. The number of H-pyrrole nitrogens is 1. The van der Waals surface area contributed by atoms with Gasteiger partial charge < -0.3 is 5.73 Å². The SMILES string of the molecule is CCCC1(N)CN(S(=O)(=O)c2cn[nH]c2C)C1. The Bertz CT molecular complexity index is 502. The Morgan fingerprint density at radius 1 is 1.59 bits per heavy atom. The number of nitrogens with two attached hydrogens (primary N) is 1. The van der Waals surface area contributed by atoms with Crippen LogP contribution in [-0.2, 0) is 10.0 Å². The lowest BCUT2D eigenvalue weighted by Gasteiger charge is -2.46. The van der Waals surface area contributed by atoms with Gasteiger partial charge in [-0.25, -0.2) is 8.42 Å². The normalized spacial score (nSPS) is 20.2. The van der Waals surface area contributed by atoms with Gasteiger partial charge in [-0.15, -0.1) is 0 Å². The Morgan fingerprint density at radius 2 is 2.24 bits per heavy atom. The van der Waals surface area contributed by atoms with Gasteiger partial charge in [0.05, 0.1) is 11.9 Å². The monoisotopic (exact) mass is 258 g/mol. The number of nitrogens with zero attached hydrogens (tertiary/aromatic N) is 2. The van der Waals surface area contributed by atoms with Gasteiger partial charge in [0.1, 0.15) is 4.90 Å². The molecule has 0 saturated carbocycles. The fourth-order valence-electron chi connectivity index (χ4n) is 2.22. The molecule has 2 rings (SSSR count). The molecule has 2 heterocycles. The van der Waals surface area contributed by atoms with Crippen LogP contribution < -0.4 is 5.73 Å². The molecule has 6 nitrogen and oxygen atoms in total. The summed E-state index contributed by atoms with van der Waals surface area (Å²) in [5.74, 6) is 0. The summed E-state index contributed by atoms with van der Waals surface area (Å²) in [4.78, 5) is 0.246. The maximum absolute atomic E-state index is 12.2. The van der Waals surface area contributed by atoms with Crippen molar-refractivity contribution in [2.75, 3.05) is 13.1 Å². The summed E-state index contributed by atoms with van der Waals surface area (Å²) in [6.07, 6.45) is 3.17. The molecule has 0 radical (unpaired) electrons. The van der Waals surface area contributed by atoms with Gasteiger partial charge in [0, 0.05) is 18.6 Å². The van der Waals surface area contributed by atoms with Crippen molar-refractivity contribution in [1.82, 2.24) is 14.5 Å². The van der Waals surface area contributed by atoms with Crippen molar-refractivity contribution in [3.05, 3.63) is 11.9 Å². The fraction of sp³-hybridized carbons (Fsp3) is 0.700. The van der Waals surface area contributed by atoms with Crippen LogP contribution in [0.2, 0.25) is 0 Å². The third-order valence-electron chi connectivity index (χ3n) is 3.13. The minimum Gasteiger partial charge on any atom is -0.323 e. The predicted molar refractivity (Wildman–Crippen MR) is 63.9 cm³/mol. The molecule has 1 fully saturated rings. The van der Waals surface area contributed by atoms with E-state index in [2.05, 4.69) is 10.2 Å². The van der Waals surface area contributed by atoms with Crippen LogP contribution in [0.5, 0.6) is 0 Å². The first-order valence-electron chi connectivity index (χ1n) is 5.68. The zero-order valence-electron chi connectivity index (χ0n) is 10.1. The first-order valence-corrected chi connectivity index (χ1v) is 7.12. The number of sulfonamides is 1. The number of aryl methyl sites for hydroxylation is 1. The van der Waals surface area contributed by atoms with Gasteiger partial charge in [-0.3, -0.25) is 5.10 Å². The van der Waals surface area contributed by atoms with Crippen LogP contribution in [0.4, 0.5) is 0 Å². The zero-order valence-corrected chi connectivity index (χ0v) is 10.9. The van der Waals surface area contributed by atoms with Crippen molar-refractivity contribution in [1.29, 1.82) is 0 Å². The lowest BCUT2D eigenvalue weighted by atomic mass is 9.89. The molecular formula is C10H18N4O2S. The average molecular weight is 258 g/mol. The van der Waals surface area contributed by atoms with E-state index >= 15 is 0 Å². The molecule has 1 aromatic rings. The maximum atomic E-state index is 12.2. The van der Waals surface area contributed by atoms with Crippen molar-refractivity contribution in [2.24, 2.45) is 5.73 Å². The lowest BCUT2D eigenvalue weighted by Crippen LogP contribution is -2.68. The van der Waals surface area contributed by atoms with Gasteiger partial charge in [-0.2, -0.15) is 9.40 Å². The van der Waals surface area contributed by atoms with Crippen molar-refractivity contribution in [3.63, 3.8) is 0 Å². The van der Waals surface area contributed by atoms with E-state index < -0.39 is 10.0 Å². The van der Waals surface area contributed by atoms with E-state index in [9.17, 15) is 8.42 Å². The highest BCUT2D eigenvalue weighted by Gasteiger charge is 2.45. The molecule has 96 valence electrons. The highest BCUT2D eigenvalue weighted by molar-refractivity contribution is 7.89. The molecule has 1 saturated heterocycles. The number of aromatic amines is 1. The third kappa shape index (κ3) is 2.10. The van der Waals surface area contributed by atoms with Crippen LogP contribution in [0.3, 0.4) is 0 Å². The van der Waals surface area contributed by atoms with Gasteiger partial charge in [-0.1, -0.05) is 13.3 Å². The number of nitrogens with one attached hydrogen (secondary N) is 1. The first kappa shape index (κ1) is 12.5. The molecule has 1 aliphatic rings. The summed E-state index contributed by atoms with van der Waals surface area (Å²) in [7, 11) is -3.42. The molecule has 0 atom stereocenters. The van der Waals surface area contributed by atoms with Crippen molar-refractivity contribution >= 4 is 10.0 Å². The van der Waals surface area contributed by atoms with Crippen molar-refractivity contribution in [3.8, 4) is 0 Å². The maximum Gasteiger partial charge on any atom is 0.246 e. The second-order valence-corrected chi connectivity index (χ2v) is 6.65. The summed E-state index contributed by atoms with van der Waals surface area (Å²) in [5, 5.41) is 6.38. The van der Waals surface area contributed by atoms with Crippen LogP contribution in [0.15, 0.2) is 11.1 Å². The molecule has 1 aromatic heterocycles. The van der Waals surface area contributed by atoms with Crippen LogP contribution in [0, 0.1) is 6.92 Å². The fourth-order valence-corrected chi connectivity index (χ4v) is 3.97. The van der Waals surface area contributed by atoms with E-state index in [4.69, 9.17) is 5.73 Å². The van der Waals surface area contributed by atoms with Crippen molar-refractivity contribution in [2.45, 2.75) is 37.1 Å². The Kier molecular flexibility index (Phi) is 3.01. The molecule has 0 bridgehead atoms. The summed E-state index contributed by atoms with van der Waals surface area (Å²) in [5.41, 5.74) is 6.28. The second kappa shape index (κ2) is 4.08. The van der Waals surface area contributed by atoms with Gasteiger partial charge >= 0.3 is 0 Å². The molecule has 0 unspecified atom stereocenters. The van der Waals surface area contributed by atoms with Gasteiger partial charge in [0.15, 0.2) is 0 Å². The van der Waals surface area contributed by atoms with Gasteiger partial charge in [0.25, 0.3) is 0 Å². The van der Waals surface area contributed by atoms with Crippen LogP contribution in [0.1, 0.15) is 25.5 Å². The standard InChI is InChI=1S/C10H18N4O2S/c1-3-4-10(11)6-14(7-10)17(15,16)9-5-12-13-8(9)2/h5H,3-4,6-7,11H2,1-2H3,(H,12,13). The Labute approximate surface area is 101 Å². The van der Waals surface area contributed by atoms with E-state index in [0.29, 0.717) is 18.8 Å². The minimum atomic E-state index is -3.42. The van der Waals surface area contributed by atoms with Crippen LogP contribution >= 0.6 is 0 Å². The van der Waals surface area contributed by atoms with Crippen LogP contribution in [0.25, 0.3) is 0 Å². The topological polar surface area (TPSA) is 92.1 Å². The summed E-state index contributed by atoms with van der Waals surface area (Å²) >= 11 is 0. The van der Waals surface area contributed by atoms with Crippen LogP contribution in [-0.4, -0.2) is 41.5 Å². The number of aromatic nitrogens is 2. The van der Waals surface area contributed by atoms with E-state index in [0.717, 1.165) is 12.8 Å². The molecule has 0 aliphatic carbocycles. The number of hydrogen-bond acceptors (Lipinski definition) is 4. The molecule has 0 amide bonds. The minimum absolute atomic E-state index is 0.246. The summed E-state index contributed by atoms with van der Waals surface area (Å²) in [6, 6.07) is 0. The smallest absolute Gasteiger partial charge is 0.246 e.